The Bertz CT molecular complexity index is 929. The smallest absolute Gasteiger partial charge is 0.261 e. The second-order valence-corrected chi connectivity index (χ2v) is 8.59. The summed E-state index contributed by atoms with van der Waals surface area (Å²) in [6.45, 7) is 9.81. The molecule has 0 aliphatic carbocycles. The van der Waals surface area contributed by atoms with Gasteiger partial charge in [0.05, 0.1) is 11.1 Å². The quantitative estimate of drug-likeness (QED) is 0.812. The zero-order valence-electron chi connectivity index (χ0n) is 16.0. The molecule has 1 aromatic heterocycles. The molecule has 0 saturated carbocycles. The minimum absolute atomic E-state index is 0.152. The number of carbonyl (C=O) groups excluding carboxylic acids is 3. The van der Waals surface area contributed by atoms with Crippen LogP contribution in [0.5, 0.6) is 0 Å². The molecule has 1 aromatic carbocycles. The summed E-state index contributed by atoms with van der Waals surface area (Å²) in [7, 11) is 0. The maximum absolute atomic E-state index is 12.6. The predicted octanol–water partition coefficient (Wildman–Crippen LogP) is 3.48. The Morgan fingerprint density at radius 1 is 1.19 bits per heavy atom. The Kier molecular flexibility index (Phi) is 4.86. The normalized spacial score (nSPS) is 15.1. The van der Waals surface area contributed by atoms with Crippen molar-refractivity contribution in [1.29, 1.82) is 0 Å². The first-order valence-electron chi connectivity index (χ1n) is 8.80. The van der Waals surface area contributed by atoms with Crippen LogP contribution in [0.15, 0.2) is 18.2 Å². The average molecular weight is 386 g/mol. The summed E-state index contributed by atoms with van der Waals surface area (Å²) in [5, 5.41) is 12.0. The minimum Gasteiger partial charge on any atom is -0.296 e. The van der Waals surface area contributed by atoms with E-state index in [2.05, 4.69) is 15.5 Å². The third-order valence-corrected chi connectivity index (χ3v) is 5.76. The summed E-state index contributed by atoms with van der Waals surface area (Å²) >= 11 is 1.31. The van der Waals surface area contributed by atoms with E-state index >= 15 is 0 Å². The summed E-state index contributed by atoms with van der Waals surface area (Å²) < 4.78 is 0. The summed E-state index contributed by atoms with van der Waals surface area (Å²) in [5.41, 5.74) is 0.747. The number of hydrogen-bond donors (Lipinski definition) is 1. The zero-order chi connectivity index (χ0) is 19.9. The van der Waals surface area contributed by atoms with Gasteiger partial charge in [-0.05, 0) is 31.5 Å². The van der Waals surface area contributed by atoms with Crippen LogP contribution in [0.4, 0.5) is 5.13 Å². The largest absolute Gasteiger partial charge is 0.296 e. The lowest BCUT2D eigenvalue weighted by Crippen LogP contribution is -2.37. The molecule has 2 heterocycles. The molecule has 27 heavy (non-hydrogen) atoms. The van der Waals surface area contributed by atoms with Gasteiger partial charge in [-0.1, -0.05) is 39.0 Å². The van der Waals surface area contributed by atoms with Crippen LogP contribution in [0.3, 0.4) is 0 Å². The Morgan fingerprint density at radius 2 is 1.85 bits per heavy atom. The molecule has 1 N–H and O–H groups in total. The van der Waals surface area contributed by atoms with Crippen LogP contribution in [-0.4, -0.2) is 38.9 Å². The fourth-order valence-corrected chi connectivity index (χ4v) is 3.53. The van der Waals surface area contributed by atoms with Crippen molar-refractivity contribution in [3.63, 3.8) is 0 Å². The van der Waals surface area contributed by atoms with Crippen molar-refractivity contribution in [1.82, 2.24) is 15.1 Å². The van der Waals surface area contributed by atoms with Gasteiger partial charge in [0.25, 0.3) is 17.7 Å². The molecule has 7 nitrogen and oxygen atoms in total. The molecule has 0 fully saturated rings. The number of nitrogens with zero attached hydrogens (tertiary/aromatic N) is 3. The maximum Gasteiger partial charge on any atom is 0.261 e. The van der Waals surface area contributed by atoms with Crippen LogP contribution in [0.2, 0.25) is 0 Å². The van der Waals surface area contributed by atoms with Crippen molar-refractivity contribution in [3.8, 4) is 0 Å². The van der Waals surface area contributed by atoms with Gasteiger partial charge in [-0.2, -0.15) is 0 Å². The highest BCUT2D eigenvalue weighted by molar-refractivity contribution is 7.15. The lowest BCUT2D eigenvalue weighted by Gasteiger charge is -2.20. The number of nitrogens with one attached hydrogen (secondary N) is 1. The number of rotatable bonds is 4. The number of amides is 3. The monoisotopic (exact) mass is 386 g/mol. The van der Waals surface area contributed by atoms with Crippen molar-refractivity contribution < 1.29 is 14.4 Å². The third kappa shape index (κ3) is 3.49. The van der Waals surface area contributed by atoms with E-state index in [0.29, 0.717) is 22.7 Å². The fraction of sp³-hybridized carbons (Fsp3) is 0.421. The molecule has 0 spiro atoms. The highest BCUT2D eigenvalue weighted by Gasteiger charge is 2.38. The van der Waals surface area contributed by atoms with E-state index in [1.807, 2.05) is 34.6 Å². The van der Waals surface area contributed by atoms with Crippen LogP contribution in [-0.2, 0) is 5.41 Å². The van der Waals surface area contributed by atoms with Crippen molar-refractivity contribution in [2.75, 3.05) is 5.32 Å². The molecule has 1 unspecified atom stereocenters. The first-order chi connectivity index (χ1) is 12.6. The molecule has 3 rings (SSSR count). The number of anilines is 1. The first-order valence-corrected chi connectivity index (χ1v) is 9.62. The van der Waals surface area contributed by atoms with Gasteiger partial charge in [0, 0.05) is 17.0 Å². The molecule has 142 valence electrons. The van der Waals surface area contributed by atoms with Crippen LogP contribution >= 0.6 is 11.3 Å². The SMILES string of the molecule is CCC(C)N1C(=O)c2ccc(C(=O)Nc3nnc(C(C)(C)C)s3)cc2C1=O. The number of benzene rings is 1. The number of fused-ring (bicyclic) bond motifs is 1. The van der Waals surface area contributed by atoms with E-state index in [4.69, 9.17) is 0 Å². The Morgan fingerprint density at radius 3 is 2.44 bits per heavy atom. The van der Waals surface area contributed by atoms with Crippen molar-refractivity contribution in [2.24, 2.45) is 0 Å². The fourth-order valence-electron chi connectivity index (χ4n) is 2.73. The maximum atomic E-state index is 12.6. The first kappa shape index (κ1) is 19.2. The van der Waals surface area contributed by atoms with Crippen LogP contribution in [0, 0.1) is 0 Å². The van der Waals surface area contributed by atoms with Crippen molar-refractivity contribution in [3.05, 3.63) is 39.9 Å². The minimum atomic E-state index is -0.392. The molecule has 1 atom stereocenters. The van der Waals surface area contributed by atoms with E-state index in [-0.39, 0.29) is 28.8 Å². The standard InChI is InChI=1S/C19H22N4O3S/c1-6-10(2)23-15(25)12-8-7-11(9-13(12)16(23)26)14(24)20-18-22-21-17(27-18)19(3,4)5/h7-10H,6H2,1-5H3,(H,20,22,24). The number of hydrogen-bond acceptors (Lipinski definition) is 6. The van der Waals surface area contributed by atoms with E-state index in [0.717, 1.165) is 5.01 Å². The van der Waals surface area contributed by atoms with Crippen molar-refractivity contribution in [2.45, 2.75) is 52.5 Å². The zero-order valence-corrected chi connectivity index (χ0v) is 16.8. The second-order valence-electron chi connectivity index (χ2n) is 7.61. The molecular formula is C19H22N4O3S. The molecule has 3 amide bonds. The lowest BCUT2D eigenvalue weighted by atomic mass is 9.98. The summed E-state index contributed by atoms with van der Waals surface area (Å²) in [6.07, 6.45) is 0.673. The van der Waals surface area contributed by atoms with Gasteiger partial charge in [0.2, 0.25) is 5.13 Å². The topological polar surface area (TPSA) is 92.3 Å². The Hall–Kier alpha value is -2.61. The number of imide groups is 1. The highest BCUT2D eigenvalue weighted by atomic mass is 32.1. The van der Waals surface area contributed by atoms with Gasteiger partial charge in [-0.25, -0.2) is 0 Å². The van der Waals surface area contributed by atoms with E-state index in [1.165, 1.54) is 28.4 Å². The van der Waals surface area contributed by atoms with E-state index < -0.39 is 5.91 Å². The van der Waals surface area contributed by atoms with Gasteiger partial charge < -0.3 is 0 Å². The van der Waals surface area contributed by atoms with Gasteiger partial charge in [-0.3, -0.25) is 24.6 Å². The Balaban J connectivity index is 1.83. The number of carbonyl (C=O) groups is 3. The second kappa shape index (κ2) is 6.84. The molecule has 0 saturated heterocycles. The van der Waals surface area contributed by atoms with Gasteiger partial charge in [0.15, 0.2) is 0 Å². The molecule has 8 heteroatoms. The molecule has 0 radical (unpaired) electrons. The van der Waals surface area contributed by atoms with Gasteiger partial charge >= 0.3 is 0 Å². The average Bonchev–Trinajstić information content (AvgIpc) is 3.18. The molecule has 2 aromatic rings. The number of aromatic nitrogens is 2. The van der Waals surface area contributed by atoms with Gasteiger partial charge in [0.1, 0.15) is 5.01 Å². The molecule has 1 aliphatic rings. The highest BCUT2D eigenvalue weighted by Crippen LogP contribution is 2.29. The van der Waals surface area contributed by atoms with E-state index in [9.17, 15) is 14.4 Å². The molecular weight excluding hydrogens is 364 g/mol. The van der Waals surface area contributed by atoms with Crippen LogP contribution in [0.25, 0.3) is 0 Å². The summed E-state index contributed by atoms with van der Waals surface area (Å²) in [4.78, 5) is 38.9. The van der Waals surface area contributed by atoms with Crippen LogP contribution < -0.4 is 5.32 Å². The lowest BCUT2D eigenvalue weighted by molar-refractivity contribution is 0.0593. The molecule has 1 aliphatic heterocycles. The van der Waals surface area contributed by atoms with Gasteiger partial charge in [-0.15, -0.1) is 10.2 Å². The predicted molar refractivity (Wildman–Crippen MR) is 103 cm³/mol. The van der Waals surface area contributed by atoms with E-state index in [1.54, 1.807) is 6.07 Å². The Labute approximate surface area is 161 Å². The summed E-state index contributed by atoms with van der Waals surface area (Å²) in [5.74, 6) is -1.06. The summed E-state index contributed by atoms with van der Waals surface area (Å²) in [6, 6.07) is 4.37. The van der Waals surface area contributed by atoms with Crippen molar-refractivity contribution >= 4 is 34.2 Å². The van der Waals surface area contributed by atoms with Crippen LogP contribution in [0.1, 0.15) is 77.1 Å². The third-order valence-electron chi connectivity index (χ3n) is 4.50. The molecule has 0 bridgehead atoms.